The molecule has 0 unspecified atom stereocenters. The highest BCUT2D eigenvalue weighted by atomic mass is 16.3. The number of nitrogens with zero attached hydrogens (tertiary/aromatic N) is 1. The second-order valence-electron chi connectivity index (χ2n) is 4.32. The highest BCUT2D eigenvalue weighted by Gasteiger charge is 2.02. The van der Waals surface area contributed by atoms with E-state index in [0.717, 1.165) is 37.5 Å². The Labute approximate surface area is 102 Å². The predicted octanol–water partition coefficient (Wildman–Crippen LogP) is 2.47. The molecule has 92 valence electrons. The zero-order valence-corrected chi connectivity index (χ0v) is 10.6. The summed E-state index contributed by atoms with van der Waals surface area (Å²) in [5.41, 5.74) is 0.968. The predicted molar refractivity (Wildman–Crippen MR) is 71.1 cm³/mol. The molecule has 1 N–H and O–H groups in total. The summed E-state index contributed by atoms with van der Waals surface area (Å²) in [6.07, 6.45) is 0. The fourth-order valence-electron chi connectivity index (χ4n) is 1.76. The number of furan rings is 1. The SMILES string of the molecule is CCN(C)CCNCc1cc2ccccc2o1. The topological polar surface area (TPSA) is 28.4 Å². The van der Waals surface area contributed by atoms with Crippen LogP contribution in [0.5, 0.6) is 0 Å². The van der Waals surface area contributed by atoms with Gasteiger partial charge in [-0.15, -0.1) is 0 Å². The van der Waals surface area contributed by atoms with Crippen LogP contribution in [0.4, 0.5) is 0 Å². The van der Waals surface area contributed by atoms with Crippen molar-refractivity contribution in [3.63, 3.8) is 0 Å². The molecule has 0 fully saturated rings. The van der Waals surface area contributed by atoms with Crippen molar-refractivity contribution in [3.8, 4) is 0 Å². The highest BCUT2D eigenvalue weighted by molar-refractivity contribution is 5.77. The minimum absolute atomic E-state index is 0.798. The zero-order valence-electron chi connectivity index (χ0n) is 10.6. The van der Waals surface area contributed by atoms with Crippen LogP contribution in [0.15, 0.2) is 34.7 Å². The van der Waals surface area contributed by atoms with E-state index >= 15 is 0 Å². The summed E-state index contributed by atoms with van der Waals surface area (Å²) in [5, 5.41) is 4.57. The van der Waals surface area contributed by atoms with Crippen LogP contribution in [-0.2, 0) is 6.54 Å². The zero-order chi connectivity index (χ0) is 12.1. The molecule has 0 aliphatic rings. The van der Waals surface area contributed by atoms with E-state index in [1.807, 2.05) is 18.2 Å². The van der Waals surface area contributed by atoms with E-state index < -0.39 is 0 Å². The van der Waals surface area contributed by atoms with E-state index in [2.05, 4.69) is 36.3 Å². The van der Waals surface area contributed by atoms with Gasteiger partial charge < -0.3 is 14.6 Å². The molecule has 0 bridgehead atoms. The second kappa shape index (κ2) is 5.84. The number of para-hydroxylation sites is 1. The minimum Gasteiger partial charge on any atom is -0.460 e. The highest BCUT2D eigenvalue weighted by Crippen LogP contribution is 2.18. The van der Waals surface area contributed by atoms with E-state index in [0.29, 0.717) is 0 Å². The Bertz CT molecular complexity index is 431. The molecule has 0 saturated carbocycles. The Balaban J connectivity index is 1.83. The molecule has 0 spiro atoms. The Morgan fingerprint density at radius 2 is 2.12 bits per heavy atom. The molecule has 1 heterocycles. The van der Waals surface area contributed by atoms with Gasteiger partial charge >= 0.3 is 0 Å². The second-order valence-corrected chi connectivity index (χ2v) is 4.32. The van der Waals surface area contributed by atoms with Gasteiger partial charge in [0.25, 0.3) is 0 Å². The van der Waals surface area contributed by atoms with Crippen molar-refractivity contribution in [3.05, 3.63) is 36.1 Å². The fraction of sp³-hybridized carbons (Fsp3) is 0.429. The van der Waals surface area contributed by atoms with Crippen LogP contribution in [0.25, 0.3) is 11.0 Å². The third-order valence-corrected chi connectivity index (χ3v) is 2.99. The molecular weight excluding hydrogens is 212 g/mol. The summed E-state index contributed by atoms with van der Waals surface area (Å²) >= 11 is 0. The normalized spacial score (nSPS) is 11.5. The Kier molecular flexibility index (Phi) is 4.18. The van der Waals surface area contributed by atoms with Crippen LogP contribution >= 0.6 is 0 Å². The summed E-state index contributed by atoms with van der Waals surface area (Å²) in [6, 6.07) is 10.2. The molecule has 17 heavy (non-hydrogen) atoms. The number of nitrogens with one attached hydrogen (secondary N) is 1. The Hall–Kier alpha value is -1.32. The summed E-state index contributed by atoms with van der Waals surface area (Å²) in [7, 11) is 2.13. The lowest BCUT2D eigenvalue weighted by atomic mass is 10.2. The average molecular weight is 232 g/mol. The first-order chi connectivity index (χ1) is 8.29. The standard InChI is InChI=1S/C14H20N2O/c1-3-16(2)9-8-15-11-13-10-12-6-4-5-7-14(12)17-13/h4-7,10,15H,3,8-9,11H2,1-2H3. The van der Waals surface area contributed by atoms with Crippen molar-refractivity contribution in [2.75, 3.05) is 26.7 Å². The molecule has 0 saturated heterocycles. The summed E-state index contributed by atoms with van der Waals surface area (Å²) in [5.74, 6) is 1.00. The average Bonchev–Trinajstić information content (AvgIpc) is 2.76. The maximum atomic E-state index is 5.73. The van der Waals surface area contributed by atoms with Crippen LogP contribution in [0.2, 0.25) is 0 Å². The van der Waals surface area contributed by atoms with Gasteiger partial charge in [0.1, 0.15) is 11.3 Å². The number of hydrogen-bond acceptors (Lipinski definition) is 3. The largest absolute Gasteiger partial charge is 0.460 e. The van der Waals surface area contributed by atoms with Gasteiger partial charge in [-0.3, -0.25) is 0 Å². The quantitative estimate of drug-likeness (QED) is 0.776. The summed E-state index contributed by atoms with van der Waals surface area (Å²) in [4.78, 5) is 2.28. The fourth-order valence-corrected chi connectivity index (χ4v) is 1.76. The number of fused-ring (bicyclic) bond motifs is 1. The summed E-state index contributed by atoms with van der Waals surface area (Å²) < 4.78 is 5.73. The number of benzene rings is 1. The van der Waals surface area contributed by atoms with E-state index in [-0.39, 0.29) is 0 Å². The van der Waals surface area contributed by atoms with Crippen LogP contribution in [0.1, 0.15) is 12.7 Å². The van der Waals surface area contributed by atoms with E-state index in [1.54, 1.807) is 0 Å². The summed E-state index contributed by atoms with van der Waals surface area (Å²) in [6.45, 7) is 6.11. The van der Waals surface area contributed by atoms with Crippen LogP contribution < -0.4 is 5.32 Å². The monoisotopic (exact) mass is 232 g/mol. The molecule has 1 aromatic carbocycles. The molecule has 3 nitrogen and oxygen atoms in total. The lowest BCUT2D eigenvalue weighted by molar-refractivity contribution is 0.346. The van der Waals surface area contributed by atoms with Crippen LogP contribution in [0, 0.1) is 0 Å². The van der Waals surface area contributed by atoms with Crippen molar-refractivity contribution in [1.82, 2.24) is 10.2 Å². The Morgan fingerprint density at radius 3 is 2.88 bits per heavy atom. The number of hydrogen-bond donors (Lipinski definition) is 1. The number of likely N-dealkylation sites (N-methyl/N-ethyl adjacent to an activating group) is 1. The van der Waals surface area contributed by atoms with E-state index in [1.165, 1.54) is 5.39 Å². The van der Waals surface area contributed by atoms with Gasteiger partial charge in [-0.25, -0.2) is 0 Å². The van der Waals surface area contributed by atoms with Crippen molar-refractivity contribution >= 4 is 11.0 Å². The van der Waals surface area contributed by atoms with Gasteiger partial charge in [0.2, 0.25) is 0 Å². The van der Waals surface area contributed by atoms with E-state index in [4.69, 9.17) is 4.42 Å². The number of rotatable bonds is 6. The van der Waals surface area contributed by atoms with Gasteiger partial charge in [0, 0.05) is 18.5 Å². The van der Waals surface area contributed by atoms with Crippen LogP contribution in [0.3, 0.4) is 0 Å². The van der Waals surface area contributed by atoms with Gasteiger partial charge in [-0.2, -0.15) is 0 Å². The van der Waals surface area contributed by atoms with Crippen molar-refractivity contribution < 1.29 is 4.42 Å². The maximum absolute atomic E-state index is 5.73. The smallest absolute Gasteiger partial charge is 0.134 e. The molecule has 3 heteroatoms. The van der Waals surface area contributed by atoms with Gasteiger partial charge in [-0.05, 0) is 25.7 Å². The lowest BCUT2D eigenvalue weighted by Crippen LogP contribution is -2.28. The van der Waals surface area contributed by atoms with Crippen molar-refractivity contribution in [1.29, 1.82) is 0 Å². The first-order valence-electron chi connectivity index (χ1n) is 6.16. The first-order valence-corrected chi connectivity index (χ1v) is 6.16. The van der Waals surface area contributed by atoms with E-state index in [9.17, 15) is 0 Å². The molecule has 0 amide bonds. The maximum Gasteiger partial charge on any atom is 0.134 e. The van der Waals surface area contributed by atoms with Crippen molar-refractivity contribution in [2.45, 2.75) is 13.5 Å². The van der Waals surface area contributed by atoms with Gasteiger partial charge in [0.05, 0.1) is 6.54 Å². The molecule has 1 aromatic heterocycles. The molecule has 2 rings (SSSR count). The van der Waals surface area contributed by atoms with Crippen LogP contribution in [-0.4, -0.2) is 31.6 Å². The third kappa shape index (κ3) is 3.32. The molecule has 0 aliphatic carbocycles. The van der Waals surface area contributed by atoms with Gasteiger partial charge in [-0.1, -0.05) is 25.1 Å². The molecule has 0 aliphatic heterocycles. The molecule has 2 aromatic rings. The molecule has 0 radical (unpaired) electrons. The third-order valence-electron chi connectivity index (χ3n) is 2.99. The van der Waals surface area contributed by atoms with Crippen molar-refractivity contribution in [2.24, 2.45) is 0 Å². The van der Waals surface area contributed by atoms with Gasteiger partial charge in [0.15, 0.2) is 0 Å². The lowest BCUT2D eigenvalue weighted by Gasteiger charge is -2.13. The molecular formula is C14H20N2O. The molecule has 0 atom stereocenters. The minimum atomic E-state index is 0.798. The first kappa shape index (κ1) is 12.1. The Morgan fingerprint density at radius 1 is 1.29 bits per heavy atom.